The number of rotatable bonds is 4. The monoisotopic (exact) mass is 372 g/mol. The number of hydrogen-bond donors (Lipinski definition) is 1. The van der Waals surface area contributed by atoms with E-state index in [1.165, 1.54) is 0 Å². The zero-order valence-electron chi connectivity index (χ0n) is 12.1. The van der Waals surface area contributed by atoms with E-state index in [0.29, 0.717) is 5.70 Å². The molecule has 5 nitrogen and oxygen atoms in total. The van der Waals surface area contributed by atoms with E-state index in [0.717, 1.165) is 21.0 Å². The first kappa shape index (κ1) is 16.0. The van der Waals surface area contributed by atoms with Crippen molar-refractivity contribution in [3.8, 4) is 0 Å². The van der Waals surface area contributed by atoms with Crippen molar-refractivity contribution >= 4 is 33.4 Å². The molecule has 1 atom stereocenters. The molecule has 1 aliphatic rings. The average molecular weight is 373 g/mol. The maximum absolute atomic E-state index is 11.6. The van der Waals surface area contributed by atoms with Gasteiger partial charge in [0.2, 0.25) is 0 Å². The second-order valence-corrected chi connectivity index (χ2v) is 7.22. The lowest BCUT2D eigenvalue weighted by Gasteiger charge is -2.21. The molecule has 0 aliphatic heterocycles. The van der Waals surface area contributed by atoms with Crippen LogP contribution in [0, 0.1) is 0 Å². The van der Waals surface area contributed by atoms with Gasteiger partial charge >= 0.3 is 6.09 Å². The van der Waals surface area contributed by atoms with Crippen LogP contribution >= 0.6 is 27.3 Å². The molecule has 0 aromatic carbocycles. The van der Waals surface area contributed by atoms with Crippen LogP contribution < -0.4 is 5.32 Å². The molecular formula is C14H17BrN2O3S. The van der Waals surface area contributed by atoms with Crippen LogP contribution in [0.25, 0.3) is 0 Å². The molecule has 1 aromatic rings. The van der Waals surface area contributed by atoms with Gasteiger partial charge in [-0.05, 0) is 42.3 Å². The van der Waals surface area contributed by atoms with Gasteiger partial charge in [0.15, 0.2) is 0 Å². The van der Waals surface area contributed by atoms with Gasteiger partial charge in [-0.3, -0.25) is 5.32 Å². The molecule has 0 radical (unpaired) electrons. The van der Waals surface area contributed by atoms with Gasteiger partial charge in [0.1, 0.15) is 10.8 Å². The fraction of sp³-hybridized carbons (Fsp3) is 0.429. The number of hydrogen-bond acceptors (Lipinski definition) is 5. The molecule has 0 bridgehead atoms. The Morgan fingerprint density at radius 3 is 2.90 bits per heavy atom. The van der Waals surface area contributed by atoms with E-state index in [-0.39, 0.29) is 12.0 Å². The number of amides is 1. The smallest absolute Gasteiger partial charge is 0.411 e. The minimum absolute atomic E-state index is 0.0815. The number of ether oxygens (including phenoxy) is 2. The number of halogens is 1. The number of nitrogens with one attached hydrogen (secondary N) is 1. The Morgan fingerprint density at radius 1 is 1.57 bits per heavy atom. The fourth-order valence-corrected chi connectivity index (χ4v) is 3.34. The second-order valence-electron chi connectivity index (χ2n) is 4.78. The quantitative estimate of drug-likeness (QED) is 0.869. The summed E-state index contributed by atoms with van der Waals surface area (Å²) in [6, 6.07) is 0. The van der Waals surface area contributed by atoms with Crippen LogP contribution in [0.15, 0.2) is 33.6 Å². The van der Waals surface area contributed by atoms with Crippen LogP contribution in [0.5, 0.6) is 0 Å². The van der Waals surface area contributed by atoms with Crippen molar-refractivity contribution in [2.45, 2.75) is 32.3 Å². The molecule has 1 heterocycles. The molecule has 0 fully saturated rings. The maximum Gasteiger partial charge on any atom is 0.411 e. The van der Waals surface area contributed by atoms with Gasteiger partial charge in [-0.15, -0.1) is 11.3 Å². The van der Waals surface area contributed by atoms with Crippen LogP contribution in [-0.2, 0) is 9.47 Å². The number of aromatic nitrogens is 1. The molecule has 1 aliphatic carbocycles. The van der Waals surface area contributed by atoms with E-state index >= 15 is 0 Å². The number of carbonyl (C=O) groups excluding carboxylic acids is 1. The highest BCUT2D eigenvalue weighted by molar-refractivity contribution is 9.11. The largest absolute Gasteiger partial charge is 0.500 e. The molecule has 1 unspecified atom stereocenters. The number of alkyl carbamates (subject to hydrolysis) is 1. The van der Waals surface area contributed by atoms with Crippen LogP contribution in [0.1, 0.15) is 31.2 Å². The molecule has 2 rings (SSSR count). The maximum atomic E-state index is 11.6. The van der Waals surface area contributed by atoms with Gasteiger partial charge in [-0.25, -0.2) is 9.78 Å². The summed E-state index contributed by atoms with van der Waals surface area (Å²) < 4.78 is 11.5. The van der Waals surface area contributed by atoms with Crippen LogP contribution in [0.4, 0.5) is 4.79 Å². The zero-order chi connectivity index (χ0) is 15.4. The molecule has 0 saturated heterocycles. The van der Waals surface area contributed by atoms with Crippen molar-refractivity contribution < 1.29 is 14.3 Å². The van der Waals surface area contributed by atoms with Crippen molar-refractivity contribution in [3.63, 3.8) is 0 Å². The SMILES string of the molecule is COC1=CC(NC(=O)OC(C)C)=CCC1c1ncc(Br)s1. The second kappa shape index (κ2) is 7.09. The first-order chi connectivity index (χ1) is 9.99. The van der Waals surface area contributed by atoms with Gasteiger partial charge in [0.05, 0.1) is 29.1 Å². The Morgan fingerprint density at radius 2 is 2.33 bits per heavy atom. The third-order valence-electron chi connectivity index (χ3n) is 2.83. The van der Waals surface area contributed by atoms with Crippen molar-refractivity contribution in [1.29, 1.82) is 0 Å². The number of nitrogens with zero attached hydrogens (tertiary/aromatic N) is 1. The topological polar surface area (TPSA) is 60.5 Å². The molecule has 0 spiro atoms. The molecule has 1 amide bonds. The van der Waals surface area contributed by atoms with Crippen LogP contribution in [-0.4, -0.2) is 24.3 Å². The molecule has 7 heteroatoms. The molecule has 21 heavy (non-hydrogen) atoms. The molecule has 114 valence electrons. The Bertz CT molecular complexity index is 581. The highest BCUT2D eigenvalue weighted by Gasteiger charge is 2.24. The summed E-state index contributed by atoms with van der Waals surface area (Å²) in [5.74, 6) is 0.858. The van der Waals surface area contributed by atoms with Gasteiger partial charge < -0.3 is 9.47 Å². The summed E-state index contributed by atoms with van der Waals surface area (Å²) in [5.41, 5.74) is 0.685. The van der Waals surface area contributed by atoms with Crippen molar-refractivity contribution in [2.24, 2.45) is 0 Å². The van der Waals surface area contributed by atoms with E-state index in [1.54, 1.807) is 24.6 Å². The summed E-state index contributed by atoms with van der Waals surface area (Å²) in [6.07, 6.45) is 5.65. The molecule has 1 aromatic heterocycles. The van der Waals surface area contributed by atoms with E-state index in [1.807, 2.05) is 26.0 Å². The van der Waals surface area contributed by atoms with Gasteiger partial charge in [-0.2, -0.15) is 0 Å². The van der Waals surface area contributed by atoms with Crippen molar-refractivity contribution in [1.82, 2.24) is 10.3 Å². The van der Waals surface area contributed by atoms with E-state index in [2.05, 4.69) is 26.2 Å². The van der Waals surface area contributed by atoms with Gasteiger partial charge in [-0.1, -0.05) is 6.08 Å². The molecule has 1 N–H and O–H groups in total. The minimum atomic E-state index is -0.460. The van der Waals surface area contributed by atoms with Crippen LogP contribution in [0.2, 0.25) is 0 Å². The number of methoxy groups -OCH3 is 1. The minimum Gasteiger partial charge on any atom is -0.500 e. The summed E-state index contributed by atoms with van der Waals surface area (Å²) in [6.45, 7) is 3.61. The third kappa shape index (κ3) is 4.31. The van der Waals surface area contributed by atoms with Gasteiger partial charge in [0.25, 0.3) is 0 Å². The highest BCUT2D eigenvalue weighted by atomic mass is 79.9. The predicted octanol–water partition coefficient (Wildman–Crippen LogP) is 3.94. The summed E-state index contributed by atoms with van der Waals surface area (Å²) >= 11 is 5.00. The van der Waals surface area contributed by atoms with E-state index in [4.69, 9.17) is 9.47 Å². The van der Waals surface area contributed by atoms with Gasteiger partial charge in [0, 0.05) is 5.70 Å². The molecule has 0 saturated carbocycles. The lowest BCUT2D eigenvalue weighted by molar-refractivity contribution is 0.118. The summed E-state index contributed by atoms with van der Waals surface area (Å²) in [5, 5.41) is 3.69. The lowest BCUT2D eigenvalue weighted by atomic mass is 9.97. The third-order valence-corrected chi connectivity index (χ3v) is 4.42. The summed E-state index contributed by atoms with van der Waals surface area (Å²) in [4.78, 5) is 16.0. The number of thiazole rings is 1. The average Bonchev–Trinajstić information content (AvgIpc) is 2.84. The normalized spacial score (nSPS) is 18.0. The first-order valence-electron chi connectivity index (χ1n) is 6.54. The fourth-order valence-electron chi connectivity index (χ4n) is 1.97. The predicted molar refractivity (Wildman–Crippen MR) is 85.1 cm³/mol. The Balaban J connectivity index is 2.07. The standard InChI is InChI=1S/C14H17BrN2O3S/c1-8(2)20-14(18)17-9-4-5-10(11(6-9)19-3)13-16-7-12(15)21-13/h4,6-8,10H,5H2,1-3H3,(H,17,18). The number of carbonyl (C=O) groups is 1. The van der Waals surface area contributed by atoms with E-state index in [9.17, 15) is 4.79 Å². The number of allylic oxidation sites excluding steroid dienone is 3. The molecular weight excluding hydrogens is 356 g/mol. The van der Waals surface area contributed by atoms with Crippen molar-refractivity contribution in [2.75, 3.05) is 7.11 Å². The van der Waals surface area contributed by atoms with Crippen LogP contribution in [0.3, 0.4) is 0 Å². The van der Waals surface area contributed by atoms with Crippen molar-refractivity contribution in [3.05, 3.63) is 38.6 Å². The summed E-state index contributed by atoms with van der Waals surface area (Å²) in [7, 11) is 1.62. The zero-order valence-corrected chi connectivity index (χ0v) is 14.5. The highest BCUT2D eigenvalue weighted by Crippen LogP contribution is 2.36. The first-order valence-corrected chi connectivity index (χ1v) is 8.15. The Kier molecular flexibility index (Phi) is 5.41. The Hall–Kier alpha value is -1.34. The van der Waals surface area contributed by atoms with E-state index < -0.39 is 6.09 Å². The lowest BCUT2D eigenvalue weighted by Crippen LogP contribution is -2.27. The Labute approximate surface area is 136 Å².